The fourth-order valence-corrected chi connectivity index (χ4v) is 4.40. The van der Waals surface area contributed by atoms with E-state index in [4.69, 9.17) is 4.98 Å². The van der Waals surface area contributed by atoms with Gasteiger partial charge in [-0.1, -0.05) is 30.3 Å². The Balaban J connectivity index is 1.30. The molecule has 0 bridgehead atoms. The third kappa shape index (κ3) is 3.41. The predicted octanol–water partition coefficient (Wildman–Crippen LogP) is 3.08. The Labute approximate surface area is 159 Å². The lowest BCUT2D eigenvalue weighted by molar-refractivity contribution is 0.211. The minimum absolute atomic E-state index is 0.484. The summed E-state index contributed by atoms with van der Waals surface area (Å²) < 4.78 is 1.90. The Bertz CT molecular complexity index is 911. The number of rotatable bonds is 4. The number of fused-ring (bicyclic) bond motifs is 2. The smallest absolute Gasteiger partial charge is 0.254 e. The Hall–Kier alpha value is -2.47. The van der Waals surface area contributed by atoms with Crippen LogP contribution in [0.25, 0.3) is 5.78 Å². The molecule has 0 radical (unpaired) electrons. The van der Waals surface area contributed by atoms with Crippen LogP contribution in [0.15, 0.2) is 36.7 Å². The molecule has 5 rings (SSSR count). The van der Waals surface area contributed by atoms with E-state index in [0.717, 1.165) is 56.9 Å². The largest absolute Gasteiger partial charge is 0.367 e. The molecule has 1 aliphatic heterocycles. The normalized spacial score (nSPS) is 18.5. The van der Waals surface area contributed by atoms with Gasteiger partial charge in [-0.15, -0.1) is 0 Å². The van der Waals surface area contributed by atoms with Crippen molar-refractivity contribution in [1.29, 1.82) is 0 Å². The average molecular weight is 362 g/mol. The number of hydrogen-bond acceptors (Lipinski definition) is 5. The van der Waals surface area contributed by atoms with Crippen LogP contribution in [0.4, 0.5) is 5.82 Å². The SMILES string of the molecule is c1ccc(CN2CCC(Nc3c4c(nc5ncnn35)CCCC4)CC2)cc1. The molecule has 3 heterocycles. The molecule has 2 aliphatic rings. The average Bonchev–Trinajstić information content (AvgIpc) is 3.18. The zero-order valence-electron chi connectivity index (χ0n) is 15.6. The van der Waals surface area contributed by atoms with Crippen LogP contribution in [0, 0.1) is 0 Å². The van der Waals surface area contributed by atoms with Crippen LogP contribution in [-0.4, -0.2) is 43.6 Å². The maximum Gasteiger partial charge on any atom is 0.254 e. The minimum atomic E-state index is 0.484. The topological polar surface area (TPSA) is 58.3 Å². The van der Waals surface area contributed by atoms with Crippen molar-refractivity contribution in [2.24, 2.45) is 0 Å². The summed E-state index contributed by atoms with van der Waals surface area (Å²) in [6.45, 7) is 3.30. The van der Waals surface area contributed by atoms with Crippen molar-refractivity contribution in [3.8, 4) is 0 Å². The summed E-state index contributed by atoms with van der Waals surface area (Å²) in [7, 11) is 0. The van der Waals surface area contributed by atoms with E-state index in [1.165, 1.54) is 29.7 Å². The van der Waals surface area contributed by atoms with Gasteiger partial charge in [0.15, 0.2) is 0 Å². The zero-order chi connectivity index (χ0) is 18.1. The van der Waals surface area contributed by atoms with Crippen LogP contribution >= 0.6 is 0 Å². The summed E-state index contributed by atoms with van der Waals surface area (Å²) in [5, 5.41) is 8.25. The molecule has 0 unspecified atom stereocenters. The van der Waals surface area contributed by atoms with E-state index in [0.29, 0.717) is 6.04 Å². The summed E-state index contributed by atoms with van der Waals surface area (Å²) in [5.41, 5.74) is 3.97. The number of piperidine rings is 1. The molecule has 0 spiro atoms. The monoisotopic (exact) mass is 362 g/mol. The van der Waals surface area contributed by atoms with Gasteiger partial charge in [0.2, 0.25) is 0 Å². The summed E-state index contributed by atoms with van der Waals surface area (Å²) in [5.74, 6) is 1.85. The highest BCUT2D eigenvalue weighted by atomic mass is 15.4. The van der Waals surface area contributed by atoms with E-state index >= 15 is 0 Å². The summed E-state index contributed by atoms with van der Waals surface area (Å²) in [4.78, 5) is 11.6. The Morgan fingerprint density at radius 2 is 1.85 bits per heavy atom. The van der Waals surface area contributed by atoms with Crippen molar-refractivity contribution in [2.75, 3.05) is 18.4 Å². The van der Waals surface area contributed by atoms with Gasteiger partial charge in [-0.05, 0) is 44.1 Å². The number of hydrogen-bond donors (Lipinski definition) is 1. The molecule has 1 fully saturated rings. The molecule has 6 heteroatoms. The number of benzene rings is 1. The highest BCUT2D eigenvalue weighted by Gasteiger charge is 2.24. The van der Waals surface area contributed by atoms with E-state index < -0.39 is 0 Å². The molecule has 3 aromatic rings. The van der Waals surface area contributed by atoms with Gasteiger partial charge in [-0.25, -0.2) is 4.98 Å². The van der Waals surface area contributed by atoms with Crippen LogP contribution < -0.4 is 5.32 Å². The molecular weight excluding hydrogens is 336 g/mol. The number of nitrogens with one attached hydrogen (secondary N) is 1. The van der Waals surface area contributed by atoms with Gasteiger partial charge in [0.05, 0.1) is 5.69 Å². The molecule has 0 saturated carbocycles. The lowest BCUT2D eigenvalue weighted by Crippen LogP contribution is -2.39. The highest BCUT2D eigenvalue weighted by molar-refractivity contribution is 5.54. The van der Waals surface area contributed by atoms with Crippen LogP contribution in [0.1, 0.15) is 42.5 Å². The van der Waals surface area contributed by atoms with E-state index in [1.54, 1.807) is 6.33 Å². The van der Waals surface area contributed by atoms with Gasteiger partial charge in [-0.3, -0.25) is 4.90 Å². The third-order valence-electron chi connectivity index (χ3n) is 5.88. The van der Waals surface area contributed by atoms with Crippen LogP contribution in [0.3, 0.4) is 0 Å². The van der Waals surface area contributed by atoms with E-state index in [9.17, 15) is 0 Å². The molecule has 1 N–H and O–H groups in total. The molecular formula is C21H26N6. The Kier molecular flexibility index (Phi) is 4.49. The lowest BCUT2D eigenvalue weighted by Gasteiger charge is -2.33. The first-order valence-electron chi connectivity index (χ1n) is 10.1. The van der Waals surface area contributed by atoms with Crippen LogP contribution in [0.5, 0.6) is 0 Å². The van der Waals surface area contributed by atoms with Crippen molar-refractivity contribution in [3.63, 3.8) is 0 Å². The molecule has 1 aliphatic carbocycles. The number of nitrogens with zero attached hydrogens (tertiary/aromatic N) is 5. The lowest BCUT2D eigenvalue weighted by atomic mass is 9.95. The van der Waals surface area contributed by atoms with Crippen LogP contribution in [-0.2, 0) is 19.4 Å². The zero-order valence-corrected chi connectivity index (χ0v) is 15.6. The molecule has 1 aromatic carbocycles. The molecule has 2 aromatic heterocycles. The first-order chi connectivity index (χ1) is 13.4. The van der Waals surface area contributed by atoms with Gasteiger partial charge in [0.1, 0.15) is 12.1 Å². The van der Waals surface area contributed by atoms with E-state index in [-0.39, 0.29) is 0 Å². The molecule has 0 amide bonds. The first-order valence-corrected chi connectivity index (χ1v) is 10.1. The Morgan fingerprint density at radius 3 is 2.70 bits per heavy atom. The van der Waals surface area contributed by atoms with Crippen molar-refractivity contribution >= 4 is 11.6 Å². The van der Waals surface area contributed by atoms with E-state index in [2.05, 4.69) is 50.6 Å². The van der Waals surface area contributed by atoms with Crippen molar-refractivity contribution in [1.82, 2.24) is 24.5 Å². The first kappa shape index (κ1) is 16.7. The van der Waals surface area contributed by atoms with Crippen molar-refractivity contribution < 1.29 is 0 Å². The van der Waals surface area contributed by atoms with Crippen molar-refractivity contribution in [3.05, 3.63) is 53.5 Å². The maximum absolute atomic E-state index is 4.73. The molecule has 140 valence electrons. The summed E-state index contributed by atoms with van der Waals surface area (Å²) in [6.07, 6.45) is 8.53. The van der Waals surface area contributed by atoms with E-state index in [1.807, 2.05) is 4.52 Å². The predicted molar refractivity (Wildman–Crippen MR) is 106 cm³/mol. The molecule has 6 nitrogen and oxygen atoms in total. The van der Waals surface area contributed by atoms with Crippen molar-refractivity contribution in [2.45, 2.75) is 51.1 Å². The standard InChI is InChI=1S/C21H26N6/c1-2-6-16(7-3-1)14-26-12-10-17(11-13-26)24-20-18-8-4-5-9-19(18)25-21-22-15-23-27(20)21/h1-3,6-7,15,17,24H,4-5,8-14H2. The van der Waals surface area contributed by atoms with Crippen LogP contribution in [0.2, 0.25) is 0 Å². The minimum Gasteiger partial charge on any atom is -0.367 e. The van der Waals surface area contributed by atoms with Gasteiger partial charge >= 0.3 is 0 Å². The second kappa shape index (κ2) is 7.27. The van der Waals surface area contributed by atoms with Gasteiger partial charge in [-0.2, -0.15) is 14.6 Å². The van der Waals surface area contributed by atoms with Gasteiger partial charge < -0.3 is 5.32 Å². The number of aryl methyl sites for hydroxylation is 1. The summed E-state index contributed by atoms with van der Waals surface area (Å²) in [6, 6.07) is 11.3. The third-order valence-corrected chi connectivity index (χ3v) is 5.88. The molecule has 0 atom stereocenters. The maximum atomic E-state index is 4.73. The Morgan fingerprint density at radius 1 is 1.04 bits per heavy atom. The van der Waals surface area contributed by atoms with Gasteiger partial charge in [0.25, 0.3) is 5.78 Å². The number of aromatic nitrogens is 4. The second-order valence-electron chi connectivity index (χ2n) is 7.74. The number of anilines is 1. The highest BCUT2D eigenvalue weighted by Crippen LogP contribution is 2.28. The van der Waals surface area contributed by atoms with Gasteiger partial charge in [0, 0.05) is 31.2 Å². The number of likely N-dealkylation sites (tertiary alicyclic amines) is 1. The fourth-order valence-electron chi connectivity index (χ4n) is 4.40. The quantitative estimate of drug-likeness (QED) is 0.773. The fraction of sp³-hybridized carbons (Fsp3) is 0.476. The molecule has 27 heavy (non-hydrogen) atoms. The molecule has 1 saturated heterocycles. The summed E-state index contributed by atoms with van der Waals surface area (Å²) >= 11 is 0. The second-order valence-corrected chi connectivity index (χ2v) is 7.74.